The van der Waals surface area contributed by atoms with E-state index in [1.54, 1.807) is 0 Å². The van der Waals surface area contributed by atoms with Crippen molar-refractivity contribution < 1.29 is 0 Å². The van der Waals surface area contributed by atoms with Gasteiger partial charge in [0.15, 0.2) is 0 Å². The molecule has 0 saturated heterocycles. The van der Waals surface area contributed by atoms with Crippen LogP contribution in [-0.2, 0) is 12.8 Å². The highest BCUT2D eigenvalue weighted by Gasteiger charge is 2.12. The number of aromatic nitrogens is 2. The van der Waals surface area contributed by atoms with E-state index < -0.39 is 0 Å². The van der Waals surface area contributed by atoms with E-state index in [1.807, 2.05) is 12.4 Å². The number of rotatable bonds is 14. The summed E-state index contributed by atoms with van der Waals surface area (Å²) < 4.78 is 0. The summed E-state index contributed by atoms with van der Waals surface area (Å²) in [5, 5.41) is 2.32. The Kier molecular flexibility index (Phi) is 9.96. The van der Waals surface area contributed by atoms with Gasteiger partial charge in [0.1, 0.15) is 0 Å². The molecule has 0 aliphatic carbocycles. The standard InChI is InChI=1S/C38H44N2/c1-3-5-7-9-11-13-29-15-19-31(20-16-29)33-25-27-39-37-35(33)23-24-36-34(26-28-40-38(36)37)32-21-17-30(18-22-32)14-12-10-8-6-4-2/h15-28H,3-14H2,1-2H3. The van der Waals surface area contributed by atoms with Crippen LogP contribution >= 0.6 is 0 Å². The Morgan fingerprint density at radius 3 is 1.23 bits per heavy atom. The molecule has 2 nitrogen and oxygen atoms in total. The highest BCUT2D eigenvalue weighted by molar-refractivity contribution is 6.11. The van der Waals surface area contributed by atoms with E-state index in [4.69, 9.17) is 9.97 Å². The van der Waals surface area contributed by atoms with Crippen molar-refractivity contribution in [3.05, 3.63) is 96.3 Å². The van der Waals surface area contributed by atoms with Gasteiger partial charge in [-0.2, -0.15) is 0 Å². The van der Waals surface area contributed by atoms with Gasteiger partial charge >= 0.3 is 0 Å². The molecule has 2 heterocycles. The Morgan fingerprint density at radius 1 is 0.425 bits per heavy atom. The lowest BCUT2D eigenvalue weighted by Crippen LogP contribution is -1.91. The topological polar surface area (TPSA) is 25.8 Å². The Bertz CT molecular complexity index is 1380. The van der Waals surface area contributed by atoms with Gasteiger partial charge in [0.2, 0.25) is 0 Å². The first-order valence-corrected chi connectivity index (χ1v) is 15.6. The molecule has 5 rings (SSSR count). The molecule has 206 valence electrons. The van der Waals surface area contributed by atoms with Gasteiger partial charge in [-0.05, 0) is 71.2 Å². The zero-order valence-corrected chi connectivity index (χ0v) is 24.5. The van der Waals surface area contributed by atoms with Crippen molar-refractivity contribution in [1.29, 1.82) is 0 Å². The molecule has 2 heteroatoms. The first kappa shape index (κ1) is 28.0. The van der Waals surface area contributed by atoms with Crippen molar-refractivity contribution in [2.24, 2.45) is 0 Å². The van der Waals surface area contributed by atoms with Gasteiger partial charge in [-0.3, -0.25) is 9.97 Å². The fourth-order valence-corrected chi connectivity index (χ4v) is 5.90. The van der Waals surface area contributed by atoms with Crippen LogP contribution in [0.2, 0.25) is 0 Å². The van der Waals surface area contributed by atoms with Gasteiger partial charge < -0.3 is 0 Å². The van der Waals surface area contributed by atoms with Gasteiger partial charge in [-0.15, -0.1) is 0 Å². The number of nitrogens with zero attached hydrogens (tertiary/aromatic N) is 2. The number of aryl methyl sites for hydroxylation is 2. The second-order valence-electron chi connectivity index (χ2n) is 11.3. The minimum atomic E-state index is 0.973. The van der Waals surface area contributed by atoms with Crippen LogP contribution in [0.1, 0.15) is 89.2 Å². The van der Waals surface area contributed by atoms with Crippen molar-refractivity contribution in [3.8, 4) is 22.3 Å². The predicted octanol–water partition coefficient (Wildman–Crippen LogP) is 11.1. The third-order valence-electron chi connectivity index (χ3n) is 8.29. The zero-order chi connectivity index (χ0) is 27.6. The Labute approximate surface area is 240 Å². The predicted molar refractivity (Wildman–Crippen MR) is 173 cm³/mol. The van der Waals surface area contributed by atoms with Crippen molar-refractivity contribution in [2.75, 3.05) is 0 Å². The number of hydrogen-bond donors (Lipinski definition) is 0. The first-order chi connectivity index (χ1) is 19.8. The zero-order valence-electron chi connectivity index (χ0n) is 24.5. The molecule has 0 bridgehead atoms. The summed E-state index contributed by atoms with van der Waals surface area (Å²) in [5.41, 5.74) is 9.72. The second-order valence-corrected chi connectivity index (χ2v) is 11.3. The maximum atomic E-state index is 4.82. The summed E-state index contributed by atoms with van der Waals surface area (Å²) in [7, 11) is 0. The Hall–Kier alpha value is -3.52. The van der Waals surface area contributed by atoms with Crippen LogP contribution in [-0.4, -0.2) is 9.97 Å². The average Bonchev–Trinajstić information content (AvgIpc) is 3.01. The fourth-order valence-electron chi connectivity index (χ4n) is 5.90. The molecule has 40 heavy (non-hydrogen) atoms. The van der Waals surface area contributed by atoms with E-state index in [1.165, 1.54) is 110 Å². The third-order valence-corrected chi connectivity index (χ3v) is 8.29. The quantitative estimate of drug-likeness (QED) is 0.106. The second kappa shape index (κ2) is 14.2. The van der Waals surface area contributed by atoms with Crippen LogP contribution in [0.5, 0.6) is 0 Å². The molecule has 2 aromatic heterocycles. The summed E-state index contributed by atoms with van der Waals surface area (Å²) in [6.07, 6.45) is 19.4. The van der Waals surface area contributed by atoms with Crippen LogP contribution in [0.3, 0.4) is 0 Å². The summed E-state index contributed by atoms with van der Waals surface area (Å²) in [6.45, 7) is 4.54. The molecule has 0 amide bonds. The highest BCUT2D eigenvalue weighted by Crippen LogP contribution is 2.35. The first-order valence-electron chi connectivity index (χ1n) is 15.6. The lowest BCUT2D eigenvalue weighted by Gasteiger charge is -2.12. The highest BCUT2D eigenvalue weighted by atomic mass is 14.7. The van der Waals surface area contributed by atoms with Crippen LogP contribution in [0, 0.1) is 0 Å². The van der Waals surface area contributed by atoms with Crippen molar-refractivity contribution in [1.82, 2.24) is 9.97 Å². The van der Waals surface area contributed by atoms with Crippen LogP contribution < -0.4 is 0 Å². The molecule has 0 N–H and O–H groups in total. The number of hydrogen-bond acceptors (Lipinski definition) is 2. The molecule has 0 spiro atoms. The van der Waals surface area contributed by atoms with E-state index in [2.05, 4.69) is 86.6 Å². The van der Waals surface area contributed by atoms with E-state index in [0.29, 0.717) is 0 Å². The SMILES string of the molecule is CCCCCCCc1ccc(-c2ccnc3c2ccc2c(-c4ccc(CCCCCCC)cc4)ccnc23)cc1. The van der Waals surface area contributed by atoms with Crippen molar-refractivity contribution >= 4 is 21.8 Å². The maximum absolute atomic E-state index is 4.82. The molecule has 0 saturated carbocycles. The molecule has 0 aliphatic heterocycles. The maximum Gasteiger partial charge on any atom is 0.0970 e. The lowest BCUT2D eigenvalue weighted by atomic mass is 9.95. The third kappa shape index (κ3) is 6.78. The fraction of sp³-hybridized carbons (Fsp3) is 0.368. The van der Waals surface area contributed by atoms with E-state index in [0.717, 1.165) is 21.8 Å². The van der Waals surface area contributed by atoms with Gasteiger partial charge in [-0.25, -0.2) is 0 Å². The van der Waals surface area contributed by atoms with E-state index >= 15 is 0 Å². The molecule has 0 aliphatic rings. The van der Waals surface area contributed by atoms with Crippen LogP contribution in [0.25, 0.3) is 44.1 Å². The monoisotopic (exact) mass is 528 g/mol. The molecule has 5 aromatic rings. The summed E-state index contributed by atoms with van der Waals surface area (Å²) in [4.78, 5) is 9.64. The Balaban J connectivity index is 1.36. The number of unbranched alkanes of at least 4 members (excludes halogenated alkanes) is 8. The van der Waals surface area contributed by atoms with Crippen LogP contribution in [0.15, 0.2) is 85.2 Å². The van der Waals surface area contributed by atoms with Gasteiger partial charge in [0.05, 0.1) is 11.0 Å². The molecule has 3 aromatic carbocycles. The minimum Gasteiger partial charge on any atom is -0.254 e. The number of pyridine rings is 2. The lowest BCUT2D eigenvalue weighted by molar-refractivity contribution is 0.632. The van der Waals surface area contributed by atoms with Crippen molar-refractivity contribution in [3.63, 3.8) is 0 Å². The average molecular weight is 529 g/mol. The minimum absolute atomic E-state index is 0.973. The summed E-state index contributed by atoms with van der Waals surface area (Å²) in [5.74, 6) is 0. The number of fused-ring (bicyclic) bond motifs is 3. The molecule has 0 atom stereocenters. The molecule has 0 fully saturated rings. The molecular formula is C38H44N2. The summed E-state index contributed by atoms with van der Waals surface area (Å²) in [6, 6.07) is 27.0. The van der Waals surface area contributed by atoms with Crippen LogP contribution in [0.4, 0.5) is 0 Å². The normalized spacial score (nSPS) is 11.4. The largest absolute Gasteiger partial charge is 0.254 e. The van der Waals surface area contributed by atoms with E-state index in [-0.39, 0.29) is 0 Å². The van der Waals surface area contributed by atoms with Gasteiger partial charge in [0, 0.05) is 23.2 Å². The molecule has 0 unspecified atom stereocenters. The number of benzene rings is 3. The van der Waals surface area contributed by atoms with Crippen molar-refractivity contribution in [2.45, 2.75) is 90.9 Å². The Morgan fingerprint density at radius 2 is 0.825 bits per heavy atom. The molecule has 0 radical (unpaired) electrons. The van der Waals surface area contributed by atoms with E-state index in [9.17, 15) is 0 Å². The van der Waals surface area contributed by atoms with Gasteiger partial charge in [0.25, 0.3) is 0 Å². The van der Waals surface area contributed by atoms with Gasteiger partial charge in [-0.1, -0.05) is 126 Å². The summed E-state index contributed by atoms with van der Waals surface area (Å²) >= 11 is 0. The smallest absolute Gasteiger partial charge is 0.0970 e. The molecular weight excluding hydrogens is 484 g/mol.